The van der Waals surface area contributed by atoms with Gasteiger partial charge in [-0.3, -0.25) is 9.97 Å². The molecular weight excluding hydrogens is 573 g/mol. The molecule has 0 unspecified atom stereocenters. The van der Waals surface area contributed by atoms with E-state index in [0.717, 1.165) is 46.0 Å². The zero-order valence-corrected chi connectivity index (χ0v) is 26.5. The number of aromatic nitrogens is 3. The number of benzene rings is 3. The predicted octanol–water partition coefficient (Wildman–Crippen LogP) is 10.4. The van der Waals surface area contributed by atoms with Crippen LogP contribution in [0.2, 0.25) is 0 Å². The monoisotopic (exact) mass is 610 g/mol. The van der Waals surface area contributed by atoms with Gasteiger partial charge >= 0.3 is 0 Å². The summed E-state index contributed by atoms with van der Waals surface area (Å²) in [5, 5.41) is 0. The molecule has 0 radical (unpaired) electrons. The number of rotatable bonds is 7. The Balaban J connectivity index is 1.23. The van der Waals surface area contributed by atoms with Gasteiger partial charge in [-0.05, 0) is 140 Å². The van der Waals surface area contributed by atoms with Gasteiger partial charge in [-0.2, -0.15) is 0 Å². The van der Waals surface area contributed by atoms with Crippen LogP contribution in [0.4, 0.5) is 17.1 Å². The summed E-state index contributed by atoms with van der Waals surface area (Å²) in [4.78, 5) is 17.1. The number of hydrogen-bond acceptors (Lipinski definition) is 4. The van der Waals surface area contributed by atoms with Gasteiger partial charge in [-0.15, -0.1) is 0 Å². The third-order valence-corrected chi connectivity index (χ3v) is 11.2. The molecule has 0 N–H and O–H groups in total. The second-order valence-electron chi connectivity index (χ2n) is 13.8. The first kappa shape index (κ1) is 28.2. The van der Waals surface area contributed by atoms with Crippen molar-refractivity contribution in [1.29, 1.82) is 0 Å². The molecule has 4 aliphatic carbocycles. The highest BCUT2D eigenvalue weighted by molar-refractivity contribution is 5.76. The summed E-state index contributed by atoms with van der Waals surface area (Å²) >= 11 is 0. The van der Waals surface area contributed by atoms with Crippen molar-refractivity contribution in [2.24, 2.45) is 23.7 Å². The van der Waals surface area contributed by atoms with Gasteiger partial charge in [-0.25, -0.2) is 4.98 Å². The van der Waals surface area contributed by atoms with Crippen LogP contribution in [0.5, 0.6) is 0 Å². The topological polar surface area (TPSA) is 41.9 Å². The van der Waals surface area contributed by atoms with E-state index in [-0.39, 0.29) is 5.41 Å². The van der Waals surface area contributed by atoms with Crippen LogP contribution in [-0.4, -0.2) is 15.0 Å². The highest BCUT2D eigenvalue weighted by Crippen LogP contribution is 2.65. The minimum Gasteiger partial charge on any atom is -0.311 e. The van der Waals surface area contributed by atoms with Crippen molar-refractivity contribution < 1.29 is 0 Å². The molecule has 4 nitrogen and oxygen atoms in total. The van der Waals surface area contributed by atoms with Crippen molar-refractivity contribution in [3.8, 4) is 22.8 Å². The molecule has 10 rings (SSSR count). The minimum absolute atomic E-state index is 0.0910. The molecular formula is C43H38N4. The van der Waals surface area contributed by atoms with Gasteiger partial charge in [0.2, 0.25) is 0 Å². The zero-order valence-electron chi connectivity index (χ0n) is 26.5. The van der Waals surface area contributed by atoms with Crippen molar-refractivity contribution in [2.45, 2.75) is 37.5 Å². The van der Waals surface area contributed by atoms with Crippen LogP contribution in [0.3, 0.4) is 0 Å². The Hall–Kier alpha value is -5.09. The maximum absolute atomic E-state index is 5.18. The molecule has 4 saturated carbocycles. The standard InChI is InChI=1S/C43H38N4/c1-3-11-36(12-4-1)47(37-13-5-2-6-14-37)38-19-17-32(18-20-38)43(33-24-30-23-31(26-33)27-34(43)25-30)35-28-41(39-15-7-9-21-44-39)46-42(29-35)40-16-8-10-22-45-40/h1-22,28-31,33-34H,23-27H2. The highest BCUT2D eigenvalue weighted by Gasteiger charge is 2.58. The van der Waals surface area contributed by atoms with Crippen molar-refractivity contribution in [3.63, 3.8) is 0 Å². The summed E-state index contributed by atoms with van der Waals surface area (Å²) in [5.74, 6) is 2.90. The van der Waals surface area contributed by atoms with Gasteiger partial charge in [0.25, 0.3) is 0 Å². The first-order chi connectivity index (χ1) is 23.3. The first-order valence-corrected chi connectivity index (χ1v) is 17.1. The molecule has 0 aliphatic heterocycles. The molecule has 3 aromatic carbocycles. The lowest BCUT2D eigenvalue weighted by Crippen LogP contribution is -2.56. The van der Waals surface area contributed by atoms with E-state index < -0.39 is 0 Å². The Morgan fingerprint density at radius 1 is 0.447 bits per heavy atom. The zero-order chi connectivity index (χ0) is 31.2. The average molecular weight is 611 g/mol. The Bertz CT molecular complexity index is 1850. The first-order valence-electron chi connectivity index (χ1n) is 17.1. The molecule has 0 amide bonds. The smallest absolute Gasteiger partial charge is 0.0897 e. The van der Waals surface area contributed by atoms with E-state index in [4.69, 9.17) is 15.0 Å². The fraction of sp³-hybridized carbons (Fsp3) is 0.233. The van der Waals surface area contributed by atoms with Crippen LogP contribution < -0.4 is 4.90 Å². The van der Waals surface area contributed by atoms with Gasteiger partial charge in [0.05, 0.1) is 22.8 Å². The van der Waals surface area contributed by atoms with Gasteiger partial charge < -0.3 is 4.90 Å². The van der Waals surface area contributed by atoms with Crippen LogP contribution in [0, 0.1) is 23.7 Å². The molecule has 4 bridgehead atoms. The molecule has 0 atom stereocenters. The number of anilines is 3. The normalized spacial score (nSPS) is 24.3. The Kier molecular flexibility index (Phi) is 6.96. The lowest BCUT2D eigenvalue weighted by atomic mass is 9.42. The molecule has 3 heterocycles. The average Bonchev–Trinajstić information content (AvgIpc) is 3.14. The number of nitrogens with zero attached hydrogens (tertiary/aromatic N) is 4. The number of para-hydroxylation sites is 2. The minimum atomic E-state index is -0.0910. The summed E-state index contributed by atoms with van der Waals surface area (Å²) in [6, 6.07) is 47.9. The molecule has 47 heavy (non-hydrogen) atoms. The van der Waals surface area contributed by atoms with Gasteiger partial charge in [0.1, 0.15) is 0 Å². The molecule has 4 fully saturated rings. The van der Waals surface area contributed by atoms with Gasteiger partial charge in [0.15, 0.2) is 0 Å². The fourth-order valence-corrected chi connectivity index (χ4v) is 9.59. The largest absolute Gasteiger partial charge is 0.311 e. The molecule has 3 aromatic heterocycles. The quantitative estimate of drug-likeness (QED) is 0.180. The molecule has 4 aliphatic rings. The second-order valence-corrected chi connectivity index (χ2v) is 13.8. The van der Waals surface area contributed by atoms with Crippen LogP contribution in [0.1, 0.15) is 43.2 Å². The van der Waals surface area contributed by atoms with E-state index in [9.17, 15) is 0 Å². The van der Waals surface area contributed by atoms with Crippen LogP contribution in [0.25, 0.3) is 22.8 Å². The van der Waals surface area contributed by atoms with E-state index in [2.05, 4.69) is 126 Å². The number of hydrogen-bond donors (Lipinski definition) is 0. The SMILES string of the molecule is c1ccc(N(c2ccccc2)c2ccc(C3(c4cc(-c5ccccn5)nc(-c5ccccn5)c4)C4CC5CC(C4)CC3C5)cc2)cc1. The maximum Gasteiger partial charge on any atom is 0.0897 e. The van der Waals surface area contributed by atoms with Crippen molar-refractivity contribution in [1.82, 2.24) is 15.0 Å². The highest BCUT2D eigenvalue weighted by atomic mass is 15.1. The summed E-state index contributed by atoms with van der Waals surface area (Å²) in [6.45, 7) is 0. The van der Waals surface area contributed by atoms with E-state index >= 15 is 0 Å². The van der Waals surface area contributed by atoms with Crippen LogP contribution >= 0.6 is 0 Å². The third kappa shape index (κ3) is 4.86. The lowest BCUT2D eigenvalue weighted by molar-refractivity contribution is -0.0418. The second kappa shape index (κ2) is 11.6. The van der Waals surface area contributed by atoms with E-state index in [1.807, 2.05) is 24.5 Å². The van der Waals surface area contributed by atoms with Gasteiger partial charge in [-0.1, -0.05) is 60.7 Å². The molecule has 4 heteroatoms. The van der Waals surface area contributed by atoms with E-state index in [0.29, 0.717) is 11.8 Å². The van der Waals surface area contributed by atoms with Gasteiger partial charge in [0, 0.05) is 34.9 Å². The Morgan fingerprint density at radius 3 is 1.38 bits per heavy atom. The van der Waals surface area contributed by atoms with Crippen molar-refractivity contribution in [3.05, 3.63) is 157 Å². The predicted molar refractivity (Wildman–Crippen MR) is 190 cm³/mol. The summed E-state index contributed by atoms with van der Waals surface area (Å²) in [5.41, 5.74) is 9.86. The molecule has 6 aromatic rings. The molecule has 230 valence electrons. The number of pyridine rings is 3. The summed E-state index contributed by atoms with van der Waals surface area (Å²) < 4.78 is 0. The molecule has 0 spiro atoms. The van der Waals surface area contributed by atoms with Crippen molar-refractivity contribution >= 4 is 17.1 Å². The van der Waals surface area contributed by atoms with E-state index in [1.54, 1.807) is 0 Å². The maximum atomic E-state index is 5.18. The van der Waals surface area contributed by atoms with Crippen LogP contribution in [-0.2, 0) is 5.41 Å². The summed E-state index contributed by atoms with van der Waals surface area (Å²) in [7, 11) is 0. The summed E-state index contributed by atoms with van der Waals surface area (Å²) in [6.07, 6.45) is 10.4. The van der Waals surface area contributed by atoms with Crippen molar-refractivity contribution in [2.75, 3.05) is 4.90 Å². The van der Waals surface area contributed by atoms with Crippen LogP contribution in [0.15, 0.2) is 146 Å². The Labute approximate surface area is 277 Å². The third-order valence-electron chi connectivity index (χ3n) is 11.2. The Morgan fingerprint density at radius 2 is 0.915 bits per heavy atom. The fourth-order valence-electron chi connectivity index (χ4n) is 9.59. The molecule has 0 saturated heterocycles. The lowest BCUT2D eigenvalue weighted by Gasteiger charge is -2.62. The van der Waals surface area contributed by atoms with E-state index in [1.165, 1.54) is 48.9 Å².